The van der Waals surface area contributed by atoms with Crippen molar-refractivity contribution in [2.24, 2.45) is 5.73 Å². The van der Waals surface area contributed by atoms with Gasteiger partial charge in [-0.25, -0.2) is 14.3 Å². The number of halogens is 1. The van der Waals surface area contributed by atoms with E-state index >= 15 is 0 Å². The van der Waals surface area contributed by atoms with Crippen molar-refractivity contribution in [3.63, 3.8) is 0 Å². The van der Waals surface area contributed by atoms with Crippen LogP contribution in [0.15, 0.2) is 33.0 Å². The van der Waals surface area contributed by atoms with E-state index in [1.54, 1.807) is 13.0 Å². The van der Waals surface area contributed by atoms with Gasteiger partial charge in [-0.05, 0) is 30.8 Å². The number of H-pyrrole nitrogens is 1. The second-order valence-electron chi connectivity index (χ2n) is 3.68. The number of rotatable bonds is 4. The quantitative estimate of drug-likeness (QED) is 0.578. The number of nitrogens with two attached hydrogens (primary N) is 1. The van der Waals surface area contributed by atoms with E-state index in [-0.39, 0.29) is 17.1 Å². The molecule has 0 fully saturated rings. The summed E-state index contributed by atoms with van der Waals surface area (Å²) in [5.41, 5.74) is 5.07. The smallest absolute Gasteiger partial charge is 0.343 e. The average molecular weight is 281 g/mol. The number of nitrogens with one attached hydrogen (secondary N) is 2. The van der Waals surface area contributed by atoms with E-state index in [0.717, 1.165) is 11.8 Å². The van der Waals surface area contributed by atoms with Crippen LogP contribution in [0.5, 0.6) is 0 Å². The molecule has 8 heteroatoms. The second-order valence-corrected chi connectivity index (χ2v) is 4.69. The van der Waals surface area contributed by atoms with Gasteiger partial charge in [0.15, 0.2) is 5.16 Å². The summed E-state index contributed by atoms with van der Waals surface area (Å²) in [5.74, 6) is -0.931. The summed E-state index contributed by atoms with van der Waals surface area (Å²) in [5, 5.41) is 14.0. The summed E-state index contributed by atoms with van der Waals surface area (Å²) in [7, 11) is 0. The maximum atomic E-state index is 13.7. The standard InChI is InChI=1S/C11H12FN5OS/c1-2-17-10(18)15-16-11(17)19-7-5-3-4-6(12)8(7)9(13)14/h3-5H,2H2,1H3,(H3,13,14)(H,15,18). The number of benzene rings is 1. The number of aromatic nitrogens is 3. The fourth-order valence-corrected chi connectivity index (χ4v) is 2.68. The van der Waals surface area contributed by atoms with Crippen LogP contribution in [0.2, 0.25) is 0 Å². The fourth-order valence-electron chi connectivity index (χ4n) is 1.61. The highest BCUT2D eigenvalue weighted by molar-refractivity contribution is 7.99. The van der Waals surface area contributed by atoms with Gasteiger partial charge in [-0.1, -0.05) is 6.07 Å². The molecule has 0 aliphatic carbocycles. The summed E-state index contributed by atoms with van der Waals surface area (Å²) in [6.45, 7) is 2.25. The third-order valence-electron chi connectivity index (χ3n) is 2.49. The molecular weight excluding hydrogens is 269 g/mol. The summed E-state index contributed by atoms with van der Waals surface area (Å²) < 4.78 is 15.1. The van der Waals surface area contributed by atoms with Crippen LogP contribution >= 0.6 is 11.8 Å². The Morgan fingerprint density at radius 1 is 1.63 bits per heavy atom. The predicted molar refractivity (Wildman–Crippen MR) is 70.1 cm³/mol. The van der Waals surface area contributed by atoms with Gasteiger partial charge in [0.25, 0.3) is 0 Å². The van der Waals surface area contributed by atoms with Gasteiger partial charge >= 0.3 is 5.69 Å². The monoisotopic (exact) mass is 281 g/mol. The van der Waals surface area contributed by atoms with E-state index in [1.807, 2.05) is 0 Å². The first-order valence-electron chi connectivity index (χ1n) is 5.50. The van der Waals surface area contributed by atoms with Gasteiger partial charge in [0.2, 0.25) is 0 Å². The number of hydrogen-bond acceptors (Lipinski definition) is 4. The van der Waals surface area contributed by atoms with E-state index in [2.05, 4.69) is 10.2 Å². The van der Waals surface area contributed by atoms with Gasteiger partial charge in [0.05, 0.1) is 5.56 Å². The molecule has 0 saturated carbocycles. The summed E-state index contributed by atoms with van der Waals surface area (Å²) in [6, 6.07) is 4.38. The molecule has 0 bridgehead atoms. The third-order valence-corrected chi connectivity index (χ3v) is 3.54. The molecule has 0 aliphatic rings. The highest BCUT2D eigenvalue weighted by atomic mass is 32.2. The van der Waals surface area contributed by atoms with Crippen molar-refractivity contribution in [1.29, 1.82) is 5.41 Å². The zero-order valence-electron chi connectivity index (χ0n) is 10.1. The molecule has 19 heavy (non-hydrogen) atoms. The van der Waals surface area contributed by atoms with Crippen LogP contribution in [0.3, 0.4) is 0 Å². The minimum atomic E-state index is -0.571. The summed E-state index contributed by atoms with van der Waals surface area (Å²) >= 11 is 1.09. The molecule has 0 aliphatic heterocycles. The molecule has 100 valence electrons. The maximum absolute atomic E-state index is 13.7. The molecule has 0 amide bonds. The minimum absolute atomic E-state index is 0.0191. The summed E-state index contributed by atoms with van der Waals surface area (Å²) in [6.07, 6.45) is 0. The van der Waals surface area contributed by atoms with E-state index in [9.17, 15) is 9.18 Å². The largest absolute Gasteiger partial charge is 0.384 e. The van der Waals surface area contributed by atoms with Gasteiger partial charge in [-0.2, -0.15) is 0 Å². The molecule has 0 atom stereocenters. The molecule has 0 saturated heterocycles. The molecule has 1 aromatic carbocycles. The van der Waals surface area contributed by atoms with Gasteiger partial charge in [0, 0.05) is 11.4 Å². The molecule has 4 N–H and O–H groups in total. The average Bonchev–Trinajstić information content (AvgIpc) is 2.69. The number of amidine groups is 1. The topological polar surface area (TPSA) is 101 Å². The van der Waals surface area contributed by atoms with E-state index in [1.165, 1.54) is 16.7 Å². The Morgan fingerprint density at radius 3 is 3.00 bits per heavy atom. The Bertz CT molecular complexity index is 678. The van der Waals surface area contributed by atoms with E-state index < -0.39 is 5.82 Å². The Hall–Kier alpha value is -2.09. The number of hydrogen-bond donors (Lipinski definition) is 3. The molecular formula is C11H12FN5OS. The number of nitrogens with zero attached hydrogens (tertiary/aromatic N) is 2. The van der Waals surface area contributed by atoms with Crippen molar-refractivity contribution in [3.8, 4) is 0 Å². The van der Waals surface area contributed by atoms with Crippen molar-refractivity contribution in [1.82, 2.24) is 14.8 Å². The molecule has 0 spiro atoms. The lowest BCUT2D eigenvalue weighted by molar-refractivity contribution is 0.620. The normalized spacial score (nSPS) is 10.6. The van der Waals surface area contributed by atoms with Gasteiger partial charge in [0.1, 0.15) is 11.7 Å². The first-order valence-corrected chi connectivity index (χ1v) is 6.32. The lowest BCUT2D eigenvalue weighted by atomic mass is 10.2. The molecule has 0 unspecified atom stereocenters. The van der Waals surface area contributed by atoms with Crippen LogP contribution in [0, 0.1) is 11.2 Å². The van der Waals surface area contributed by atoms with Crippen molar-refractivity contribution in [2.75, 3.05) is 0 Å². The number of aromatic amines is 1. The molecule has 1 aromatic heterocycles. The van der Waals surface area contributed by atoms with Gasteiger partial charge < -0.3 is 5.73 Å². The maximum Gasteiger partial charge on any atom is 0.343 e. The zero-order valence-corrected chi connectivity index (χ0v) is 10.9. The summed E-state index contributed by atoms with van der Waals surface area (Å²) in [4.78, 5) is 11.9. The lowest BCUT2D eigenvalue weighted by Gasteiger charge is -2.08. The Labute approximate surface area is 112 Å². The van der Waals surface area contributed by atoms with Crippen LogP contribution in [0.4, 0.5) is 4.39 Å². The Kier molecular flexibility index (Phi) is 3.70. The van der Waals surface area contributed by atoms with Gasteiger partial charge in [-0.15, -0.1) is 5.10 Å². The second kappa shape index (κ2) is 5.27. The van der Waals surface area contributed by atoms with Crippen LogP contribution in [0.1, 0.15) is 12.5 Å². The zero-order chi connectivity index (χ0) is 14.0. The molecule has 2 aromatic rings. The van der Waals surface area contributed by atoms with Crippen LogP contribution < -0.4 is 11.4 Å². The fraction of sp³-hybridized carbons (Fsp3) is 0.182. The first kappa shape index (κ1) is 13.3. The molecule has 2 rings (SSSR count). The van der Waals surface area contributed by atoms with Crippen molar-refractivity contribution in [3.05, 3.63) is 40.1 Å². The Morgan fingerprint density at radius 2 is 2.37 bits per heavy atom. The van der Waals surface area contributed by atoms with E-state index in [4.69, 9.17) is 11.1 Å². The predicted octanol–water partition coefficient (Wildman–Crippen LogP) is 1.17. The highest BCUT2D eigenvalue weighted by Crippen LogP contribution is 2.29. The molecule has 6 nitrogen and oxygen atoms in total. The van der Waals surface area contributed by atoms with Gasteiger partial charge in [-0.3, -0.25) is 9.98 Å². The SMILES string of the molecule is CCn1c(Sc2cccc(F)c2C(=N)N)n[nH]c1=O. The minimum Gasteiger partial charge on any atom is -0.384 e. The first-order chi connectivity index (χ1) is 9.04. The lowest BCUT2D eigenvalue weighted by Crippen LogP contribution is -2.17. The van der Waals surface area contributed by atoms with Crippen molar-refractivity contribution < 1.29 is 4.39 Å². The Balaban J connectivity index is 2.47. The van der Waals surface area contributed by atoms with Crippen molar-refractivity contribution in [2.45, 2.75) is 23.5 Å². The van der Waals surface area contributed by atoms with Crippen LogP contribution in [0.25, 0.3) is 0 Å². The highest BCUT2D eigenvalue weighted by Gasteiger charge is 2.15. The van der Waals surface area contributed by atoms with Crippen molar-refractivity contribution >= 4 is 17.6 Å². The molecule has 1 heterocycles. The molecule has 0 radical (unpaired) electrons. The van der Waals surface area contributed by atoms with E-state index in [0.29, 0.717) is 16.6 Å². The number of nitrogen functional groups attached to an aromatic ring is 1. The third kappa shape index (κ3) is 2.53. The van der Waals surface area contributed by atoms with Crippen LogP contribution in [-0.2, 0) is 6.54 Å². The van der Waals surface area contributed by atoms with Crippen LogP contribution in [-0.4, -0.2) is 20.6 Å².